The molecule has 29 heavy (non-hydrogen) atoms. The van der Waals surface area contributed by atoms with Crippen molar-refractivity contribution in [3.63, 3.8) is 0 Å². The summed E-state index contributed by atoms with van der Waals surface area (Å²) in [5, 5.41) is 13.0. The molecule has 1 saturated heterocycles. The lowest BCUT2D eigenvalue weighted by atomic mass is 9.61. The Kier molecular flexibility index (Phi) is 3.93. The summed E-state index contributed by atoms with van der Waals surface area (Å²) in [6.45, 7) is 1.95. The van der Waals surface area contributed by atoms with E-state index >= 15 is 0 Å². The second-order valence-electron chi connectivity index (χ2n) is 7.34. The second-order valence-corrected chi connectivity index (χ2v) is 8.14. The number of benzene rings is 1. The van der Waals surface area contributed by atoms with Crippen molar-refractivity contribution in [3.8, 4) is 6.07 Å². The van der Waals surface area contributed by atoms with Crippen LogP contribution in [0.5, 0.6) is 0 Å². The number of amides is 1. The molecule has 9 heteroatoms. The van der Waals surface area contributed by atoms with Crippen molar-refractivity contribution >= 4 is 27.5 Å². The molecule has 1 aromatic heterocycles. The largest absolute Gasteiger partial charge is 0.458 e. The van der Waals surface area contributed by atoms with Crippen LogP contribution in [0.1, 0.15) is 22.7 Å². The number of nitrogens with zero attached hydrogens (tertiary/aromatic N) is 2. The Morgan fingerprint density at radius 1 is 1.28 bits per heavy atom. The minimum absolute atomic E-state index is 0.0464. The van der Waals surface area contributed by atoms with Crippen LogP contribution >= 0.6 is 15.9 Å². The summed E-state index contributed by atoms with van der Waals surface area (Å²) >= 11 is 3.66. The van der Waals surface area contributed by atoms with Gasteiger partial charge in [0.25, 0.3) is 0 Å². The van der Waals surface area contributed by atoms with Gasteiger partial charge in [0, 0.05) is 28.1 Å². The van der Waals surface area contributed by atoms with Gasteiger partial charge < -0.3 is 15.8 Å². The number of hydrogen-bond donors (Lipinski definition) is 4. The van der Waals surface area contributed by atoms with Gasteiger partial charge >= 0.3 is 0 Å². The molecule has 3 aliphatic rings. The number of nitrogens with two attached hydrogens (primary N) is 1. The van der Waals surface area contributed by atoms with Crippen LogP contribution in [-0.4, -0.2) is 17.1 Å². The number of pyridine rings is 1. The number of ether oxygens (including phenoxy) is 1. The van der Waals surface area contributed by atoms with Crippen LogP contribution in [-0.2, 0) is 14.9 Å². The number of halogens is 1. The number of carbonyl (C=O) groups is 1. The maximum atomic E-state index is 13.6. The minimum Gasteiger partial charge on any atom is -0.458 e. The molecule has 2 aromatic rings. The molecule has 5 N–H and O–H groups in total. The summed E-state index contributed by atoms with van der Waals surface area (Å²) in [5.74, 6) is -0.804. The van der Waals surface area contributed by atoms with Crippen LogP contribution in [0, 0.1) is 24.2 Å². The van der Waals surface area contributed by atoms with Gasteiger partial charge in [-0.25, -0.2) is 10.9 Å². The highest BCUT2D eigenvalue weighted by Crippen LogP contribution is 2.58. The maximum absolute atomic E-state index is 13.6. The summed E-state index contributed by atoms with van der Waals surface area (Å²) in [7, 11) is 0. The van der Waals surface area contributed by atoms with Crippen LogP contribution in [0.25, 0.3) is 0 Å². The van der Waals surface area contributed by atoms with E-state index < -0.39 is 17.6 Å². The van der Waals surface area contributed by atoms with E-state index in [1.54, 1.807) is 12.4 Å². The Balaban J connectivity index is 1.84. The van der Waals surface area contributed by atoms with Crippen molar-refractivity contribution in [1.82, 2.24) is 15.8 Å². The Morgan fingerprint density at radius 3 is 2.76 bits per heavy atom. The monoisotopic (exact) mass is 452 g/mol. The first-order valence-corrected chi connectivity index (χ1v) is 9.88. The van der Waals surface area contributed by atoms with Crippen molar-refractivity contribution in [2.24, 2.45) is 11.7 Å². The van der Waals surface area contributed by atoms with E-state index in [1.165, 1.54) is 0 Å². The van der Waals surface area contributed by atoms with Crippen LogP contribution in [0.3, 0.4) is 0 Å². The first kappa shape index (κ1) is 18.1. The summed E-state index contributed by atoms with van der Waals surface area (Å²) < 4.78 is 6.61. The second kappa shape index (κ2) is 6.29. The molecular formula is C20H17BrN6O2. The third kappa shape index (κ3) is 2.25. The highest BCUT2D eigenvalue weighted by Gasteiger charge is 2.66. The molecule has 0 saturated carbocycles. The van der Waals surface area contributed by atoms with Gasteiger partial charge in [-0.15, -0.1) is 0 Å². The van der Waals surface area contributed by atoms with Crippen LogP contribution < -0.4 is 21.9 Å². The van der Waals surface area contributed by atoms with Crippen molar-refractivity contribution in [1.29, 1.82) is 5.26 Å². The first-order chi connectivity index (χ1) is 14.0. The molecule has 4 unspecified atom stereocenters. The standard InChI is InChI=1S/C20H17BrN6O2/c1-9-2-3-12-13(15(9)21)20(19(28)25-12)11(8-22)17(23)29-18-14(20)16(26-27-18)10-4-6-24-7-5-10/h2-7,14,16,18,26-27H,23H2,1H3,(H,25,28). The molecule has 3 aliphatic heterocycles. The normalized spacial score (nSPS) is 29.8. The summed E-state index contributed by atoms with van der Waals surface area (Å²) in [5.41, 5.74) is 14.5. The lowest BCUT2D eigenvalue weighted by Crippen LogP contribution is -2.54. The van der Waals surface area contributed by atoms with Crippen molar-refractivity contribution in [2.45, 2.75) is 24.6 Å². The van der Waals surface area contributed by atoms with Gasteiger partial charge in [0.15, 0.2) is 6.23 Å². The van der Waals surface area contributed by atoms with Gasteiger partial charge in [0.1, 0.15) is 17.1 Å². The Hall–Kier alpha value is -2.93. The third-order valence-corrected chi connectivity index (χ3v) is 7.00. The number of hydrogen-bond acceptors (Lipinski definition) is 7. The highest BCUT2D eigenvalue weighted by molar-refractivity contribution is 9.10. The average molecular weight is 453 g/mol. The number of nitrogens with one attached hydrogen (secondary N) is 3. The topological polar surface area (TPSA) is 125 Å². The van der Waals surface area contributed by atoms with Gasteiger partial charge in [-0.05, 0) is 36.2 Å². The fourth-order valence-corrected chi connectivity index (χ4v) is 5.39. The van der Waals surface area contributed by atoms with Gasteiger partial charge in [-0.1, -0.05) is 22.0 Å². The van der Waals surface area contributed by atoms with Crippen LogP contribution in [0.4, 0.5) is 5.69 Å². The quantitative estimate of drug-likeness (QED) is 0.520. The van der Waals surface area contributed by atoms with Crippen molar-refractivity contribution in [3.05, 3.63) is 69.3 Å². The third-order valence-electron chi connectivity index (χ3n) is 5.97. The SMILES string of the molecule is Cc1ccc2c(c1Br)C1(C(=O)N2)C(C#N)=C(N)OC2NNC(c3ccncc3)C21. The van der Waals surface area contributed by atoms with Crippen LogP contribution in [0.2, 0.25) is 0 Å². The molecule has 8 nitrogen and oxygen atoms in total. The number of fused-ring (bicyclic) bond motifs is 4. The fraction of sp³-hybridized carbons (Fsp3) is 0.250. The van der Waals surface area contributed by atoms with Crippen molar-refractivity contribution < 1.29 is 9.53 Å². The van der Waals surface area contributed by atoms with Crippen molar-refractivity contribution in [2.75, 3.05) is 5.32 Å². The molecule has 0 bridgehead atoms. The Bertz CT molecular complexity index is 1110. The molecule has 0 aliphatic carbocycles. The zero-order valence-electron chi connectivity index (χ0n) is 15.4. The number of aryl methyl sites for hydroxylation is 1. The van der Waals surface area contributed by atoms with E-state index in [-0.39, 0.29) is 23.4 Å². The van der Waals surface area contributed by atoms with E-state index in [4.69, 9.17) is 10.5 Å². The molecule has 1 amide bonds. The smallest absolute Gasteiger partial charge is 0.241 e. The van der Waals surface area contributed by atoms with E-state index in [0.717, 1.165) is 15.6 Å². The van der Waals surface area contributed by atoms with Gasteiger partial charge in [0.2, 0.25) is 11.8 Å². The molecule has 146 valence electrons. The maximum Gasteiger partial charge on any atom is 0.241 e. The molecule has 1 fully saturated rings. The van der Waals surface area contributed by atoms with Gasteiger partial charge in [-0.2, -0.15) is 5.26 Å². The zero-order chi connectivity index (χ0) is 20.3. The van der Waals surface area contributed by atoms with Gasteiger partial charge in [-0.3, -0.25) is 9.78 Å². The number of carbonyl (C=O) groups excluding carboxylic acids is 1. The molecule has 4 atom stereocenters. The number of anilines is 1. The van der Waals surface area contributed by atoms with Crippen LogP contribution in [0.15, 0.2) is 52.6 Å². The van der Waals surface area contributed by atoms with Gasteiger partial charge in [0.05, 0.1) is 12.0 Å². The molecule has 5 rings (SSSR count). The number of aromatic nitrogens is 1. The number of nitriles is 1. The highest BCUT2D eigenvalue weighted by atomic mass is 79.9. The number of rotatable bonds is 1. The molecule has 1 spiro atoms. The van der Waals surface area contributed by atoms with E-state index in [1.807, 2.05) is 31.2 Å². The first-order valence-electron chi connectivity index (χ1n) is 9.09. The van der Waals surface area contributed by atoms with E-state index in [2.05, 4.69) is 43.2 Å². The van der Waals surface area contributed by atoms with E-state index in [0.29, 0.717) is 11.3 Å². The molecule has 4 heterocycles. The Morgan fingerprint density at radius 2 is 2.03 bits per heavy atom. The number of hydrazine groups is 1. The Labute approximate surface area is 175 Å². The predicted molar refractivity (Wildman–Crippen MR) is 108 cm³/mol. The zero-order valence-corrected chi connectivity index (χ0v) is 16.9. The summed E-state index contributed by atoms with van der Waals surface area (Å²) in [6, 6.07) is 9.38. The summed E-state index contributed by atoms with van der Waals surface area (Å²) in [6.07, 6.45) is 2.78. The average Bonchev–Trinajstić information content (AvgIpc) is 3.26. The lowest BCUT2D eigenvalue weighted by Gasteiger charge is -2.42. The molecular weight excluding hydrogens is 436 g/mol. The van der Waals surface area contributed by atoms with E-state index in [9.17, 15) is 10.1 Å². The molecule has 0 radical (unpaired) electrons. The fourth-order valence-electron chi connectivity index (χ4n) is 4.73. The minimum atomic E-state index is -1.31. The predicted octanol–water partition coefficient (Wildman–Crippen LogP) is 1.86. The lowest BCUT2D eigenvalue weighted by molar-refractivity contribution is -0.124. The molecule has 1 aromatic carbocycles. The summed E-state index contributed by atoms with van der Waals surface area (Å²) in [4.78, 5) is 17.7.